The van der Waals surface area contributed by atoms with Gasteiger partial charge in [-0.2, -0.15) is 13.9 Å². The number of imidazole rings is 1. The van der Waals surface area contributed by atoms with Gasteiger partial charge in [0.2, 0.25) is 0 Å². The van der Waals surface area contributed by atoms with Crippen molar-refractivity contribution < 1.29 is 13.6 Å². The van der Waals surface area contributed by atoms with Crippen molar-refractivity contribution in [1.82, 2.24) is 24.6 Å². The van der Waals surface area contributed by atoms with Gasteiger partial charge in [0.05, 0.1) is 24.0 Å². The van der Waals surface area contributed by atoms with Crippen LogP contribution in [0.4, 0.5) is 19.4 Å². The molecule has 33 heavy (non-hydrogen) atoms. The molecule has 0 atom stereocenters. The van der Waals surface area contributed by atoms with Crippen LogP contribution in [0.3, 0.4) is 0 Å². The Bertz CT molecular complexity index is 1180. The standard InChI is InChI=1S/C24H26F2N6O/c1-2-12-31-20(17-10-7-11-17)19-22(32(23(25)26)24(31)33)29-21(28-19)18-13-27-30(15-18)14-16-8-5-3-4-6-9-16/h3,5-6,8-9,13,15,23H,2,4,7,10-12,14H2,1H3,(H,28,29). The van der Waals surface area contributed by atoms with E-state index in [9.17, 15) is 13.6 Å². The predicted molar refractivity (Wildman–Crippen MR) is 122 cm³/mol. The van der Waals surface area contributed by atoms with E-state index in [0.29, 0.717) is 47.2 Å². The van der Waals surface area contributed by atoms with E-state index in [4.69, 9.17) is 0 Å². The maximum atomic E-state index is 14.0. The fourth-order valence-corrected chi connectivity index (χ4v) is 4.34. The lowest BCUT2D eigenvalue weighted by molar-refractivity contribution is 0.135. The minimum Gasteiger partial charge on any atom is -0.335 e. The normalized spacial score (nSPS) is 18.1. The first kappa shape index (κ1) is 21.4. The number of hydrogen-bond donors (Lipinski definition) is 1. The van der Waals surface area contributed by atoms with E-state index in [2.05, 4.69) is 33.3 Å². The summed E-state index contributed by atoms with van der Waals surface area (Å²) in [4.78, 5) is 22.7. The molecule has 5 rings (SSSR count). The maximum Gasteiger partial charge on any atom is 0.334 e. The van der Waals surface area contributed by atoms with E-state index in [1.165, 1.54) is 4.90 Å². The van der Waals surface area contributed by atoms with Crippen molar-refractivity contribution in [2.45, 2.75) is 52.1 Å². The first-order valence-corrected chi connectivity index (χ1v) is 11.3. The summed E-state index contributed by atoms with van der Waals surface area (Å²) in [5.41, 5.74) is 4.10. The highest BCUT2D eigenvalue weighted by atomic mass is 19.3. The Balaban J connectivity index is 1.53. The van der Waals surface area contributed by atoms with Gasteiger partial charge in [-0.3, -0.25) is 9.58 Å². The molecule has 1 N–H and O–H groups in total. The molecule has 9 heteroatoms. The van der Waals surface area contributed by atoms with Crippen LogP contribution in [-0.4, -0.2) is 43.8 Å². The second kappa shape index (κ2) is 8.80. The largest absolute Gasteiger partial charge is 0.335 e. The van der Waals surface area contributed by atoms with Crippen LogP contribution in [0.2, 0.25) is 0 Å². The average molecular weight is 453 g/mol. The number of hydrogen-bond acceptors (Lipinski definition) is 3. The Morgan fingerprint density at radius 3 is 2.82 bits per heavy atom. The molecule has 0 radical (unpaired) electrons. The van der Waals surface area contributed by atoms with Crippen molar-refractivity contribution in [3.8, 4) is 11.4 Å². The van der Waals surface area contributed by atoms with Crippen molar-refractivity contribution in [2.75, 3.05) is 11.4 Å². The smallest absolute Gasteiger partial charge is 0.334 e. The summed E-state index contributed by atoms with van der Waals surface area (Å²) in [5.74, 6) is 0.407. The van der Waals surface area contributed by atoms with Crippen LogP contribution >= 0.6 is 0 Å². The number of nitrogens with zero attached hydrogens (tertiary/aromatic N) is 5. The number of urea groups is 1. The van der Waals surface area contributed by atoms with E-state index in [1.54, 1.807) is 10.9 Å². The van der Waals surface area contributed by atoms with Gasteiger partial charge in [-0.15, -0.1) is 0 Å². The third-order valence-electron chi connectivity index (χ3n) is 6.09. The topological polar surface area (TPSA) is 70.1 Å². The number of fused-ring (bicyclic) bond motifs is 1. The molecule has 2 aliphatic carbocycles. The molecule has 3 heterocycles. The van der Waals surface area contributed by atoms with Gasteiger partial charge in [-0.05, 0) is 43.3 Å². The number of anilines is 1. The molecule has 0 saturated heterocycles. The van der Waals surface area contributed by atoms with Gasteiger partial charge in [0.25, 0.3) is 0 Å². The highest BCUT2D eigenvalue weighted by Gasteiger charge is 2.42. The second-order valence-electron chi connectivity index (χ2n) is 8.41. The Kier molecular flexibility index (Phi) is 5.70. The molecule has 1 saturated carbocycles. The number of carbonyl (C=O) groups excluding carboxylic acids is 1. The molecular formula is C24H26F2N6O. The first-order valence-electron chi connectivity index (χ1n) is 11.3. The van der Waals surface area contributed by atoms with E-state index in [-0.39, 0.29) is 5.82 Å². The number of carbonyl (C=O) groups is 1. The van der Waals surface area contributed by atoms with E-state index < -0.39 is 12.6 Å². The van der Waals surface area contributed by atoms with Crippen LogP contribution in [-0.2, 0) is 6.54 Å². The molecule has 2 amide bonds. The highest BCUT2D eigenvalue weighted by Crippen LogP contribution is 2.43. The number of nitrogens with one attached hydrogen (secondary N) is 1. The quantitative estimate of drug-likeness (QED) is 0.590. The van der Waals surface area contributed by atoms with Crippen LogP contribution in [0, 0.1) is 0 Å². The second-order valence-corrected chi connectivity index (χ2v) is 8.41. The fraction of sp³-hybridized carbons (Fsp3) is 0.375. The van der Waals surface area contributed by atoms with Gasteiger partial charge in [0.1, 0.15) is 11.5 Å². The number of aromatic nitrogens is 4. The Labute approximate surface area is 190 Å². The average Bonchev–Trinajstić information content (AvgIpc) is 3.30. The SMILES string of the molecule is CCCN1C(=O)N(C(F)F)c2nc(-c3cnn(CC4=CC=CCC=C4)c3)[nH]c2C1=C1CCC1. The van der Waals surface area contributed by atoms with Gasteiger partial charge in [0.15, 0.2) is 5.82 Å². The fourth-order valence-electron chi connectivity index (χ4n) is 4.34. The van der Waals surface area contributed by atoms with Crippen molar-refractivity contribution in [1.29, 1.82) is 0 Å². The van der Waals surface area contributed by atoms with Crippen LogP contribution in [0.1, 0.15) is 44.7 Å². The molecule has 172 valence electrons. The van der Waals surface area contributed by atoms with Crippen LogP contribution in [0.5, 0.6) is 0 Å². The first-order chi connectivity index (χ1) is 16.1. The van der Waals surface area contributed by atoms with Crippen molar-refractivity contribution in [3.05, 3.63) is 59.6 Å². The van der Waals surface area contributed by atoms with Gasteiger partial charge < -0.3 is 4.98 Å². The lowest BCUT2D eigenvalue weighted by atomic mass is 9.88. The summed E-state index contributed by atoms with van der Waals surface area (Å²) in [5, 5.41) is 4.43. The Morgan fingerprint density at radius 1 is 1.24 bits per heavy atom. The Morgan fingerprint density at radius 2 is 2.09 bits per heavy atom. The zero-order valence-corrected chi connectivity index (χ0v) is 18.5. The minimum atomic E-state index is -2.98. The minimum absolute atomic E-state index is 0.0148. The number of amides is 2. The highest BCUT2D eigenvalue weighted by molar-refractivity contribution is 6.04. The molecule has 7 nitrogen and oxygen atoms in total. The lowest BCUT2D eigenvalue weighted by Gasteiger charge is -2.38. The molecule has 0 aromatic carbocycles. The maximum absolute atomic E-state index is 14.0. The summed E-state index contributed by atoms with van der Waals surface area (Å²) in [6.07, 6.45) is 18.1. The number of aromatic amines is 1. The summed E-state index contributed by atoms with van der Waals surface area (Å²) in [6, 6.07) is -0.720. The van der Waals surface area contributed by atoms with Crippen LogP contribution in [0.15, 0.2) is 53.9 Å². The van der Waals surface area contributed by atoms with Crippen LogP contribution < -0.4 is 4.90 Å². The number of alkyl halides is 2. The Hall–Kier alpha value is -3.49. The lowest BCUT2D eigenvalue weighted by Crippen LogP contribution is -2.49. The predicted octanol–water partition coefficient (Wildman–Crippen LogP) is 5.49. The van der Waals surface area contributed by atoms with E-state index in [0.717, 1.165) is 36.8 Å². The van der Waals surface area contributed by atoms with Crippen molar-refractivity contribution in [3.63, 3.8) is 0 Å². The number of halogens is 2. The molecule has 0 unspecified atom stereocenters. The molecule has 2 aromatic heterocycles. The number of allylic oxidation sites excluding steroid dienone is 7. The monoisotopic (exact) mass is 452 g/mol. The van der Waals surface area contributed by atoms with Gasteiger partial charge in [-0.1, -0.05) is 37.3 Å². The van der Waals surface area contributed by atoms with Gasteiger partial charge >= 0.3 is 12.6 Å². The number of rotatable bonds is 6. The van der Waals surface area contributed by atoms with Gasteiger partial charge in [0, 0.05) is 12.7 Å². The number of H-pyrrole nitrogens is 1. The molecule has 0 bridgehead atoms. The molecular weight excluding hydrogens is 426 g/mol. The summed E-state index contributed by atoms with van der Waals surface area (Å²) < 4.78 is 29.7. The van der Waals surface area contributed by atoms with Gasteiger partial charge in [-0.25, -0.2) is 14.7 Å². The molecule has 1 fully saturated rings. The van der Waals surface area contributed by atoms with Crippen LogP contribution in [0.25, 0.3) is 17.1 Å². The molecule has 1 aliphatic heterocycles. The summed E-state index contributed by atoms with van der Waals surface area (Å²) >= 11 is 0. The zero-order valence-electron chi connectivity index (χ0n) is 18.5. The van der Waals surface area contributed by atoms with Crippen molar-refractivity contribution >= 4 is 17.5 Å². The molecule has 2 aromatic rings. The van der Waals surface area contributed by atoms with E-state index in [1.807, 2.05) is 25.3 Å². The van der Waals surface area contributed by atoms with Crippen molar-refractivity contribution in [2.24, 2.45) is 0 Å². The zero-order chi connectivity index (χ0) is 22.9. The molecule has 0 spiro atoms. The summed E-state index contributed by atoms with van der Waals surface area (Å²) in [7, 11) is 0. The third kappa shape index (κ3) is 3.92. The molecule has 3 aliphatic rings. The summed E-state index contributed by atoms with van der Waals surface area (Å²) in [6.45, 7) is -0.0869. The third-order valence-corrected chi connectivity index (χ3v) is 6.09. The van der Waals surface area contributed by atoms with E-state index >= 15 is 0 Å².